The maximum absolute atomic E-state index is 12.9. The van der Waals surface area contributed by atoms with E-state index in [1.165, 1.54) is 6.08 Å². The highest BCUT2D eigenvalue weighted by Gasteiger charge is 2.31. The van der Waals surface area contributed by atoms with Crippen LogP contribution in [-0.2, 0) is 9.59 Å². The number of nitrogens with one attached hydrogen (secondary N) is 2. The average Bonchev–Trinajstić information content (AvgIpc) is 3.64. The van der Waals surface area contributed by atoms with Gasteiger partial charge < -0.3 is 15.5 Å². The van der Waals surface area contributed by atoms with Gasteiger partial charge in [0.2, 0.25) is 11.8 Å². The molecule has 2 fully saturated rings. The van der Waals surface area contributed by atoms with Crippen LogP contribution >= 0.6 is 23.2 Å². The van der Waals surface area contributed by atoms with E-state index >= 15 is 0 Å². The first-order valence-corrected chi connectivity index (χ1v) is 11.8. The summed E-state index contributed by atoms with van der Waals surface area (Å²) in [6.45, 7) is 0.517. The molecule has 172 valence electrons. The van der Waals surface area contributed by atoms with Gasteiger partial charge in [-0.25, -0.2) is 0 Å². The van der Waals surface area contributed by atoms with Crippen molar-refractivity contribution >= 4 is 52.7 Å². The van der Waals surface area contributed by atoms with E-state index in [9.17, 15) is 14.4 Å². The Labute approximate surface area is 202 Å². The second-order valence-corrected chi connectivity index (χ2v) is 9.18. The van der Waals surface area contributed by atoms with Gasteiger partial charge in [-0.2, -0.15) is 0 Å². The van der Waals surface area contributed by atoms with Crippen LogP contribution in [0.4, 0.5) is 5.69 Å². The summed E-state index contributed by atoms with van der Waals surface area (Å²) in [4.78, 5) is 39.5. The lowest BCUT2D eigenvalue weighted by molar-refractivity contribution is -0.136. The van der Waals surface area contributed by atoms with Gasteiger partial charge in [0, 0.05) is 29.9 Å². The Morgan fingerprint density at radius 2 is 1.70 bits per heavy atom. The summed E-state index contributed by atoms with van der Waals surface area (Å²) in [6.07, 6.45) is 7.57. The third-order valence-corrected chi connectivity index (χ3v) is 6.52. The summed E-state index contributed by atoms with van der Waals surface area (Å²) in [5, 5.41) is 6.55. The second kappa shape index (κ2) is 10.4. The molecular formula is C25H25Cl2N3O3. The first-order chi connectivity index (χ1) is 15.9. The predicted octanol–water partition coefficient (Wildman–Crippen LogP) is 4.92. The van der Waals surface area contributed by atoms with Crippen LogP contribution in [0.2, 0.25) is 10.0 Å². The number of benzene rings is 2. The molecule has 1 heterocycles. The van der Waals surface area contributed by atoms with E-state index in [1.807, 2.05) is 0 Å². The van der Waals surface area contributed by atoms with Gasteiger partial charge in [-0.1, -0.05) is 35.3 Å². The Balaban J connectivity index is 1.38. The maximum atomic E-state index is 12.9. The molecule has 1 atom stereocenters. The number of amides is 3. The lowest BCUT2D eigenvalue weighted by atomic mass is 10.0. The molecule has 1 unspecified atom stereocenters. The Morgan fingerprint density at radius 1 is 0.939 bits per heavy atom. The molecule has 1 aliphatic heterocycles. The molecular weight excluding hydrogens is 461 g/mol. The summed E-state index contributed by atoms with van der Waals surface area (Å²) >= 11 is 12.0. The van der Waals surface area contributed by atoms with Crippen LogP contribution in [0.1, 0.15) is 48.0 Å². The molecule has 0 aromatic heterocycles. The third kappa shape index (κ3) is 6.15. The van der Waals surface area contributed by atoms with Gasteiger partial charge in [-0.3, -0.25) is 14.4 Å². The molecule has 3 amide bonds. The highest BCUT2D eigenvalue weighted by molar-refractivity contribution is 6.42. The molecule has 0 bridgehead atoms. The number of hydrogen-bond acceptors (Lipinski definition) is 3. The molecule has 2 aliphatic rings. The van der Waals surface area contributed by atoms with Gasteiger partial charge >= 0.3 is 0 Å². The highest BCUT2D eigenvalue weighted by Crippen LogP contribution is 2.26. The van der Waals surface area contributed by atoms with Crippen molar-refractivity contribution in [2.24, 2.45) is 0 Å². The average molecular weight is 486 g/mol. The number of carbonyl (C=O) groups is 3. The number of halogens is 2. The maximum Gasteiger partial charge on any atom is 0.251 e. The van der Waals surface area contributed by atoms with Gasteiger partial charge in [0.15, 0.2) is 0 Å². The molecule has 1 saturated heterocycles. The number of nitrogens with zero attached hydrogens (tertiary/aromatic N) is 1. The van der Waals surface area contributed by atoms with Crippen molar-refractivity contribution in [1.29, 1.82) is 0 Å². The minimum absolute atomic E-state index is 0.0757. The van der Waals surface area contributed by atoms with E-state index in [-0.39, 0.29) is 17.7 Å². The van der Waals surface area contributed by atoms with Gasteiger partial charge in [0.05, 0.1) is 10.0 Å². The number of likely N-dealkylation sites (tertiary alicyclic amines) is 1. The Morgan fingerprint density at radius 3 is 2.39 bits per heavy atom. The number of piperidine rings is 1. The molecule has 8 heteroatoms. The molecule has 33 heavy (non-hydrogen) atoms. The fourth-order valence-electron chi connectivity index (χ4n) is 3.77. The number of hydrogen-bond donors (Lipinski definition) is 2. The van der Waals surface area contributed by atoms with Crippen LogP contribution in [-0.4, -0.2) is 41.2 Å². The van der Waals surface area contributed by atoms with Crippen molar-refractivity contribution in [1.82, 2.24) is 10.2 Å². The van der Waals surface area contributed by atoms with Crippen LogP contribution in [0.25, 0.3) is 6.08 Å². The Bertz CT molecular complexity index is 1080. The fraction of sp³-hybridized carbons (Fsp3) is 0.320. The van der Waals surface area contributed by atoms with E-state index in [1.54, 1.807) is 53.4 Å². The van der Waals surface area contributed by atoms with Crippen molar-refractivity contribution in [3.8, 4) is 0 Å². The van der Waals surface area contributed by atoms with E-state index < -0.39 is 6.04 Å². The molecule has 1 saturated carbocycles. The largest absolute Gasteiger partial charge is 0.349 e. The zero-order valence-corrected chi connectivity index (χ0v) is 19.5. The molecule has 2 aromatic carbocycles. The standard InChI is InChI=1S/C25H25Cl2N3O3/c26-20-12-11-19(15-21(20)27)29-25(33)22-3-1-2-14-30(22)23(31)13-6-16-4-7-17(8-5-16)24(32)28-18-9-10-18/h4-8,11-13,15,18,22H,1-3,9-10,14H2,(H,28,32)(H,29,33)/b13-6+. The first-order valence-electron chi connectivity index (χ1n) is 11.1. The summed E-state index contributed by atoms with van der Waals surface area (Å²) in [5.74, 6) is -0.548. The van der Waals surface area contributed by atoms with Crippen molar-refractivity contribution in [3.63, 3.8) is 0 Å². The zero-order valence-electron chi connectivity index (χ0n) is 18.0. The van der Waals surface area contributed by atoms with Crippen LogP contribution < -0.4 is 10.6 Å². The molecule has 2 N–H and O–H groups in total. The molecule has 2 aromatic rings. The van der Waals surface area contributed by atoms with Crippen LogP contribution in [0, 0.1) is 0 Å². The topological polar surface area (TPSA) is 78.5 Å². The van der Waals surface area contributed by atoms with Crippen LogP contribution in [0.15, 0.2) is 48.5 Å². The van der Waals surface area contributed by atoms with Crippen LogP contribution in [0.5, 0.6) is 0 Å². The second-order valence-electron chi connectivity index (χ2n) is 8.36. The zero-order chi connectivity index (χ0) is 23.4. The van der Waals surface area contributed by atoms with Gasteiger partial charge in [-0.05, 0) is 74.1 Å². The van der Waals surface area contributed by atoms with Gasteiger partial charge in [0.1, 0.15) is 6.04 Å². The van der Waals surface area contributed by atoms with Gasteiger partial charge in [0.25, 0.3) is 5.91 Å². The van der Waals surface area contributed by atoms with Gasteiger partial charge in [-0.15, -0.1) is 0 Å². The molecule has 4 rings (SSSR count). The highest BCUT2D eigenvalue weighted by atomic mass is 35.5. The fourth-order valence-corrected chi connectivity index (χ4v) is 4.07. The monoisotopic (exact) mass is 485 g/mol. The van der Waals surface area contributed by atoms with Crippen molar-refractivity contribution in [3.05, 3.63) is 69.7 Å². The number of carbonyl (C=O) groups excluding carboxylic acids is 3. The normalized spacial score (nSPS) is 18.2. The van der Waals surface area contributed by atoms with Crippen LogP contribution in [0.3, 0.4) is 0 Å². The smallest absolute Gasteiger partial charge is 0.251 e. The number of rotatable bonds is 6. The quantitative estimate of drug-likeness (QED) is 0.569. The van der Waals surface area contributed by atoms with Crippen molar-refractivity contribution < 1.29 is 14.4 Å². The lowest BCUT2D eigenvalue weighted by Crippen LogP contribution is -2.49. The first kappa shape index (κ1) is 23.3. The third-order valence-electron chi connectivity index (χ3n) is 5.78. The molecule has 0 spiro atoms. The number of anilines is 1. The Kier molecular flexibility index (Phi) is 7.36. The van der Waals surface area contributed by atoms with E-state index in [0.29, 0.717) is 40.3 Å². The predicted molar refractivity (Wildman–Crippen MR) is 130 cm³/mol. The minimum Gasteiger partial charge on any atom is -0.349 e. The van der Waals surface area contributed by atoms with Crippen molar-refractivity contribution in [2.75, 3.05) is 11.9 Å². The molecule has 0 radical (unpaired) electrons. The summed E-state index contributed by atoms with van der Waals surface area (Å²) in [7, 11) is 0. The Hall–Kier alpha value is -2.83. The SMILES string of the molecule is O=C(NC1CC1)c1ccc(/C=C/C(=O)N2CCCCC2C(=O)Nc2ccc(Cl)c(Cl)c2)cc1. The minimum atomic E-state index is -0.557. The van der Waals surface area contributed by atoms with E-state index in [2.05, 4.69) is 10.6 Å². The summed E-state index contributed by atoms with van der Waals surface area (Å²) in [5.41, 5.74) is 1.94. The lowest BCUT2D eigenvalue weighted by Gasteiger charge is -2.34. The van der Waals surface area contributed by atoms with E-state index in [0.717, 1.165) is 31.2 Å². The summed E-state index contributed by atoms with van der Waals surface area (Å²) < 4.78 is 0. The summed E-state index contributed by atoms with van der Waals surface area (Å²) in [6, 6.07) is 11.7. The molecule has 6 nitrogen and oxygen atoms in total. The van der Waals surface area contributed by atoms with E-state index in [4.69, 9.17) is 23.2 Å². The molecule has 1 aliphatic carbocycles. The van der Waals surface area contributed by atoms with Crippen molar-refractivity contribution in [2.45, 2.75) is 44.2 Å².